The average Bonchev–Trinajstić information content (AvgIpc) is 3.95. The number of aromatic hydroxyl groups is 1. The number of amides is 3. The lowest BCUT2D eigenvalue weighted by molar-refractivity contribution is -0.140. The van der Waals surface area contributed by atoms with E-state index in [1.165, 1.54) is 16.2 Å². The maximum atomic E-state index is 14.7. The highest BCUT2D eigenvalue weighted by molar-refractivity contribution is 7.91. The quantitative estimate of drug-likeness (QED) is 0.216. The molecule has 3 fully saturated rings. The molecule has 0 radical (unpaired) electrons. The highest BCUT2D eigenvalue weighted by Crippen LogP contribution is 2.57. The number of benzene rings is 1. The number of hydrogen-bond acceptors (Lipinski definition) is 11. The molecule has 2 aliphatic carbocycles. The lowest BCUT2D eigenvalue weighted by Gasteiger charge is -2.29. The third kappa shape index (κ3) is 8.41. The summed E-state index contributed by atoms with van der Waals surface area (Å²) in [5.74, 6) is -1.47. The minimum absolute atomic E-state index is 0.0102. The Balaban J connectivity index is 1.23. The number of nitrogens with one attached hydrogen (secondary N) is 2. The maximum Gasteiger partial charge on any atom is 0.262 e. The van der Waals surface area contributed by atoms with Gasteiger partial charge in [-0.15, -0.1) is 11.3 Å². The number of rotatable bonds is 9. The third-order valence-electron chi connectivity index (χ3n) is 11.9. The number of ketones is 1. The van der Waals surface area contributed by atoms with Gasteiger partial charge in [0.15, 0.2) is 5.78 Å². The van der Waals surface area contributed by atoms with Gasteiger partial charge < -0.3 is 24.8 Å². The lowest BCUT2D eigenvalue weighted by Crippen LogP contribution is -2.52. The fourth-order valence-corrected chi connectivity index (χ4v) is 10.1. The monoisotopic (exact) mass is 820 g/mol. The van der Waals surface area contributed by atoms with Crippen molar-refractivity contribution < 1.29 is 42.2 Å². The molecule has 3 amide bonds. The van der Waals surface area contributed by atoms with Crippen molar-refractivity contribution in [3.8, 4) is 17.4 Å². The van der Waals surface area contributed by atoms with Crippen LogP contribution >= 0.6 is 11.3 Å². The second kappa shape index (κ2) is 15.7. The Morgan fingerprint density at radius 3 is 2.56 bits per heavy atom. The average molecular weight is 821 g/mol. The van der Waals surface area contributed by atoms with E-state index in [-0.39, 0.29) is 54.7 Å². The molecule has 3 aromatic rings. The van der Waals surface area contributed by atoms with Crippen LogP contribution in [0.3, 0.4) is 0 Å². The molecule has 306 valence electrons. The first-order chi connectivity index (χ1) is 27.0. The van der Waals surface area contributed by atoms with E-state index in [2.05, 4.69) is 15.0 Å². The van der Waals surface area contributed by atoms with Crippen molar-refractivity contribution in [1.82, 2.24) is 19.9 Å². The number of phenols is 1. The molecule has 2 aliphatic heterocycles. The smallest absolute Gasteiger partial charge is 0.262 e. The van der Waals surface area contributed by atoms with E-state index < -0.39 is 50.2 Å². The number of hydrogen-bond donors (Lipinski definition) is 3. The summed E-state index contributed by atoms with van der Waals surface area (Å²) in [5, 5.41) is 14.1. The highest BCUT2D eigenvalue weighted by atomic mass is 32.2. The van der Waals surface area contributed by atoms with E-state index in [1.807, 2.05) is 39.0 Å². The van der Waals surface area contributed by atoms with Crippen molar-refractivity contribution in [2.24, 2.45) is 11.3 Å². The van der Waals surface area contributed by atoms with Gasteiger partial charge in [-0.2, -0.15) is 0 Å². The van der Waals surface area contributed by atoms with E-state index >= 15 is 0 Å². The van der Waals surface area contributed by atoms with Crippen LogP contribution in [0.25, 0.3) is 10.9 Å². The van der Waals surface area contributed by atoms with Crippen molar-refractivity contribution in [3.05, 3.63) is 57.8 Å². The van der Waals surface area contributed by atoms with Crippen LogP contribution in [0.1, 0.15) is 105 Å². The van der Waals surface area contributed by atoms with Crippen LogP contribution in [-0.4, -0.2) is 82.5 Å². The summed E-state index contributed by atoms with van der Waals surface area (Å²) >= 11 is 1.33. The zero-order valence-corrected chi connectivity index (χ0v) is 34.8. The number of carbonyl (C=O) groups is 4. The number of nitrogens with zero attached hydrogens (tertiary/aromatic N) is 2. The first-order valence-corrected chi connectivity index (χ1v) is 22.2. The summed E-state index contributed by atoms with van der Waals surface area (Å²) in [7, 11) is -3.96. The lowest BCUT2D eigenvalue weighted by atomic mass is 9.91. The zero-order valence-electron chi connectivity index (χ0n) is 33.1. The van der Waals surface area contributed by atoms with E-state index in [1.54, 1.807) is 38.1 Å². The number of ether oxygens (including phenoxy) is 2. The molecule has 1 aromatic carbocycles. The van der Waals surface area contributed by atoms with Crippen molar-refractivity contribution in [2.45, 2.75) is 128 Å². The molecule has 4 aliphatic rings. The van der Waals surface area contributed by atoms with E-state index in [9.17, 15) is 32.7 Å². The molecule has 2 saturated carbocycles. The normalized spacial score (nSPS) is 26.8. The van der Waals surface area contributed by atoms with Gasteiger partial charge in [0.2, 0.25) is 27.7 Å². The van der Waals surface area contributed by atoms with Crippen molar-refractivity contribution in [1.29, 1.82) is 0 Å². The molecule has 15 heteroatoms. The number of carbonyl (C=O) groups excluding carboxylic acids is 4. The number of fused-ring (bicyclic) bond motifs is 3. The number of aryl methyl sites for hydroxylation is 2. The minimum atomic E-state index is -3.96. The first kappa shape index (κ1) is 40.7. The van der Waals surface area contributed by atoms with Gasteiger partial charge in [0.25, 0.3) is 5.91 Å². The number of sulfonamides is 1. The highest BCUT2D eigenvalue weighted by Gasteiger charge is 2.62. The van der Waals surface area contributed by atoms with Gasteiger partial charge in [0, 0.05) is 34.7 Å². The van der Waals surface area contributed by atoms with Crippen LogP contribution in [0, 0.1) is 25.2 Å². The molecule has 1 saturated heterocycles. The zero-order chi connectivity index (χ0) is 40.9. The van der Waals surface area contributed by atoms with E-state index in [4.69, 9.17) is 9.47 Å². The molecule has 0 unspecified atom stereocenters. The van der Waals surface area contributed by atoms with Gasteiger partial charge in [-0.05, 0) is 103 Å². The van der Waals surface area contributed by atoms with Crippen LogP contribution in [0.4, 0.5) is 0 Å². The van der Waals surface area contributed by atoms with E-state index in [0.717, 1.165) is 24.1 Å². The van der Waals surface area contributed by atoms with Crippen molar-refractivity contribution >= 4 is 55.8 Å². The van der Waals surface area contributed by atoms with Gasteiger partial charge in [-0.1, -0.05) is 25.0 Å². The SMILES string of the molecule is Cc1ccc(C(=O)N[C@H]2CCCCC/C=C\[C@H]3C[C@@]3(C(=O)NS(=O)(=O)C3(C)CC3)CC(=O)[C@@H]3C[C@@H](Oc4cc(OC(C)C)nc5c(C)c(O)ccc45)CN3C2=O)s1. The molecular formula is C42H52N4O9S2. The summed E-state index contributed by atoms with van der Waals surface area (Å²) in [6.45, 7) is 8.99. The largest absolute Gasteiger partial charge is 0.508 e. The van der Waals surface area contributed by atoms with Gasteiger partial charge in [0.1, 0.15) is 23.6 Å². The number of thiophene rings is 1. The summed E-state index contributed by atoms with van der Waals surface area (Å²) in [6.07, 6.45) is 7.39. The number of phenolic OH excluding ortho intramolecular Hbond substituents is 1. The number of pyridine rings is 1. The van der Waals surface area contributed by atoms with Gasteiger partial charge >= 0.3 is 0 Å². The summed E-state index contributed by atoms with van der Waals surface area (Å²) in [6, 6.07) is 6.53. The maximum absolute atomic E-state index is 14.7. The molecular weight excluding hydrogens is 769 g/mol. The number of aromatic nitrogens is 1. The molecule has 7 rings (SSSR count). The number of allylic oxidation sites excluding steroid dienone is 2. The van der Waals surface area contributed by atoms with Gasteiger partial charge in [-0.25, -0.2) is 13.4 Å². The topological polar surface area (TPSA) is 181 Å². The molecule has 0 spiro atoms. The fourth-order valence-electron chi connectivity index (χ4n) is 8.02. The van der Waals surface area contributed by atoms with Crippen LogP contribution in [-0.2, 0) is 24.4 Å². The van der Waals surface area contributed by atoms with Crippen LogP contribution < -0.4 is 19.5 Å². The molecule has 5 atom stereocenters. The predicted octanol–water partition coefficient (Wildman–Crippen LogP) is 6.04. The Kier molecular flexibility index (Phi) is 11.2. The number of Topliss-reactive ketones (excluding diaryl/α,β-unsaturated/α-hetero) is 1. The minimum Gasteiger partial charge on any atom is -0.508 e. The summed E-state index contributed by atoms with van der Waals surface area (Å²) in [4.78, 5) is 64.4. The molecule has 4 heterocycles. The predicted molar refractivity (Wildman–Crippen MR) is 216 cm³/mol. The van der Waals surface area contributed by atoms with Crippen molar-refractivity contribution in [2.75, 3.05) is 6.54 Å². The standard InChI is InChI=1S/C42H52N4O9S2/c1-24(2)54-36-20-34(29-14-15-32(47)26(4)37(29)44-36)55-28-19-31-33(48)22-42(40(51)45-57(52,53)41(5)17-18-41)21-27(42)11-9-7-6-8-10-12-30(39(50)46(31)23-28)43-38(49)35-16-13-25(3)56-35/h9,11,13-16,20,24,27-28,30-31,47H,6-8,10,12,17-19,21-23H2,1-5H3,(H,43,49)(H,45,51)/b11-9-/t27-,28+,30-,31-,42+/m0/s1. The van der Waals surface area contributed by atoms with Gasteiger partial charge in [-0.3, -0.25) is 23.9 Å². The molecule has 2 aromatic heterocycles. The summed E-state index contributed by atoms with van der Waals surface area (Å²) < 4.78 is 40.4. The Morgan fingerprint density at radius 2 is 1.86 bits per heavy atom. The molecule has 3 N–H and O–H groups in total. The Morgan fingerprint density at radius 1 is 1.09 bits per heavy atom. The van der Waals surface area contributed by atoms with Crippen LogP contribution in [0.5, 0.6) is 17.4 Å². The third-order valence-corrected chi connectivity index (χ3v) is 15.1. The summed E-state index contributed by atoms with van der Waals surface area (Å²) in [5.41, 5.74) is -0.274. The Labute approximate surface area is 337 Å². The van der Waals surface area contributed by atoms with Crippen molar-refractivity contribution in [3.63, 3.8) is 0 Å². The second-order valence-corrected chi connectivity index (χ2v) is 20.2. The first-order valence-electron chi connectivity index (χ1n) is 19.9. The van der Waals surface area contributed by atoms with E-state index in [0.29, 0.717) is 59.2 Å². The second-order valence-electron chi connectivity index (χ2n) is 16.7. The van der Waals surface area contributed by atoms with Gasteiger partial charge in [0.05, 0.1) is 39.2 Å². The van der Waals surface area contributed by atoms with Crippen LogP contribution in [0.2, 0.25) is 0 Å². The van der Waals surface area contributed by atoms with Crippen LogP contribution in [0.15, 0.2) is 42.5 Å². The molecule has 13 nitrogen and oxygen atoms in total. The Bertz CT molecular complexity index is 2230. The fraction of sp³-hybridized carbons (Fsp3) is 0.548. The molecule has 57 heavy (non-hydrogen) atoms. The molecule has 0 bridgehead atoms. The Hall–Kier alpha value is -4.50.